The maximum Gasteiger partial charge on any atom is 0.254 e. The number of aryl methyl sites for hydroxylation is 1. The molecular weight excluding hydrogens is 346 g/mol. The molecule has 4 rings (SSSR count). The van der Waals surface area contributed by atoms with Crippen LogP contribution in [-0.4, -0.2) is 33.3 Å². The van der Waals surface area contributed by atoms with Gasteiger partial charge in [-0.1, -0.05) is 12.1 Å². The lowest BCUT2D eigenvalue weighted by Gasteiger charge is -2.14. The van der Waals surface area contributed by atoms with Gasteiger partial charge in [0.15, 0.2) is 0 Å². The van der Waals surface area contributed by atoms with Crippen LogP contribution >= 0.6 is 0 Å². The molecule has 2 aromatic carbocycles. The van der Waals surface area contributed by atoms with Gasteiger partial charge in [-0.05, 0) is 30.3 Å². The van der Waals surface area contributed by atoms with E-state index in [-0.39, 0.29) is 12.3 Å². The van der Waals surface area contributed by atoms with E-state index in [1.807, 2.05) is 17.7 Å². The first-order chi connectivity index (χ1) is 13.0. The number of aromatic nitrogens is 2. The summed E-state index contributed by atoms with van der Waals surface area (Å²) in [4.78, 5) is 41.3. The Balaban J connectivity index is 1.47. The van der Waals surface area contributed by atoms with Gasteiger partial charge in [0, 0.05) is 12.7 Å². The first-order valence-electron chi connectivity index (χ1n) is 8.43. The van der Waals surface area contributed by atoms with Crippen LogP contribution < -0.4 is 16.0 Å². The van der Waals surface area contributed by atoms with E-state index in [1.54, 1.807) is 42.7 Å². The zero-order valence-electron chi connectivity index (χ0n) is 14.5. The molecule has 0 saturated heterocycles. The number of nitrogens with zero attached hydrogens (tertiary/aromatic N) is 2. The zero-order chi connectivity index (χ0) is 19.0. The van der Waals surface area contributed by atoms with Gasteiger partial charge in [-0.2, -0.15) is 0 Å². The second-order valence-corrected chi connectivity index (χ2v) is 6.37. The number of benzene rings is 2. The van der Waals surface area contributed by atoms with Crippen LogP contribution in [0.2, 0.25) is 0 Å². The molecule has 0 aliphatic carbocycles. The van der Waals surface area contributed by atoms with Gasteiger partial charge in [0.1, 0.15) is 6.04 Å². The predicted molar refractivity (Wildman–Crippen MR) is 100 cm³/mol. The van der Waals surface area contributed by atoms with E-state index >= 15 is 0 Å². The molecule has 1 atom stereocenters. The highest BCUT2D eigenvalue weighted by Gasteiger charge is 2.29. The van der Waals surface area contributed by atoms with Gasteiger partial charge in [-0.15, -0.1) is 0 Å². The minimum absolute atomic E-state index is 0.175. The van der Waals surface area contributed by atoms with Gasteiger partial charge in [0.2, 0.25) is 11.8 Å². The van der Waals surface area contributed by atoms with Crippen molar-refractivity contribution in [2.24, 2.45) is 7.05 Å². The number of hydrogen-bond acceptors (Lipinski definition) is 4. The molecule has 2 heterocycles. The van der Waals surface area contributed by atoms with Gasteiger partial charge in [0.25, 0.3) is 5.91 Å². The molecule has 0 bridgehead atoms. The first kappa shape index (κ1) is 16.8. The van der Waals surface area contributed by atoms with E-state index in [4.69, 9.17) is 0 Å². The van der Waals surface area contributed by atoms with Crippen molar-refractivity contribution in [2.75, 3.05) is 10.6 Å². The summed E-state index contributed by atoms with van der Waals surface area (Å²) in [5, 5.41) is 8.04. The quantitative estimate of drug-likeness (QED) is 0.658. The van der Waals surface area contributed by atoms with Gasteiger partial charge in [-0.25, -0.2) is 4.98 Å². The number of para-hydroxylation sites is 1. The molecule has 0 radical (unpaired) electrons. The molecule has 1 aliphatic rings. The number of nitrogens with one attached hydrogen (secondary N) is 3. The molecule has 0 spiro atoms. The normalized spacial score (nSPS) is 16.3. The van der Waals surface area contributed by atoms with Crippen LogP contribution in [-0.2, 0) is 16.6 Å². The van der Waals surface area contributed by atoms with E-state index in [9.17, 15) is 14.4 Å². The lowest BCUT2D eigenvalue weighted by atomic mass is 10.1. The number of anilines is 2. The smallest absolute Gasteiger partial charge is 0.254 e. The molecular formula is C19H17N5O3. The monoisotopic (exact) mass is 363 g/mol. The van der Waals surface area contributed by atoms with Crippen molar-refractivity contribution in [2.45, 2.75) is 12.5 Å². The van der Waals surface area contributed by atoms with Crippen LogP contribution in [0.5, 0.6) is 0 Å². The van der Waals surface area contributed by atoms with Crippen LogP contribution in [0.15, 0.2) is 48.8 Å². The second kappa shape index (κ2) is 6.56. The second-order valence-electron chi connectivity index (χ2n) is 6.37. The molecule has 3 N–H and O–H groups in total. The van der Waals surface area contributed by atoms with Crippen LogP contribution in [0.25, 0.3) is 11.0 Å². The fraction of sp³-hybridized carbons (Fsp3) is 0.158. The first-order valence-corrected chi connectivity index (χ1v) is 8.43. The molecule has 0 saturated carbocycles. The van der Waals surface area contributed by atoms with Gasteiger partial charge in [-0.3, -0.25) is 14.4 Å². The zero-order valence-corrected chi connectivity index (χ0v) is 14.5. The van der Waals surface area contributed by atoms with E-state index in [0.717, 1.165) is 11.0 Å². The van der Waals surface area contributed by atoms with E-state index in [1.165, 1.54) is 0 Å². The predicted octanol–water partition coefficient (Wildman–Crippen LogP) is 1.65. The number of carbonyl (C=O) groups excluding carboxylic acids is 3. The Hall–Kier alpha value is -3.68. The summed E-state index contributed by atoms with van der Waals surface area (Å²) in [5.74, 6) is -1.20. The summed E-state index contributed by atoms with van der Waals surface area (Å²) in [5.41, 5.74) is 3.08. The van der Waals surface area contributed by atoms with Crippen molar-refractivity contribution in [3.8, 4) is 0 Å². The molecule has 3 aromatic rings. The maximum absolute atomic E-state index is 12.4. The van der Waals surface area contributed by atoms with Crippen LogP contribution in [0.1, 0.15) is 16.8 Å². The topological polar surface area (TPSA) is 105 Å². The van der Waals surface area contributed by atoms with Crippen molar-refractivity contribution in [3.63, 3.8) is 0 Å². The molecule has 0 unspecified atom stereocenters. The number of rotatable bonds is 3. The van der Waals surface area contributed by atoms with Gasteiger partial charge >= 0.3 is 0 Å². The summed E-state index contributed by atoms with van der Waals surface area (Å²) in [6.07, 6.45) is 1.52. The third kappa shape index (κ3) is 3.24. The standard InChI is InChI=1S/C19H17N5O3/c1-24-10-20-14-8-11(6-7-16(14)24)21-17(25)9-15-19(27)22-13-5-3-2-4-12(13)18(26)23-15/h2-8,10,15H,9H2,1H3,(H,21,25)(H,22,27)(H,23,26)/t15-/m0/s1. The van der Waals surface area contributed by atoms with Crippen LogP contribution in [0.3, 0.4) is 0 Å². The SMILES string of the molecule is Cn1cnc2cc(NC(=O)C[C@@H]3NC(=O)c4ccccc4NC3=O)ccc21. The number of imidazole rings is 1. The van der Waals surface area contributed by atoms with Gasteiger partial charge < -0.3 is 20.5 Å². The summed E-state index contributed by atoms with van der Waals surface area (Å²) < 4.78 is 1.88. The van der Waals surface area contributed by atoms with E-state index < -0.39 is 17.9 Å². The molecule has 8 nitrogen and oxygen atoms in total. The highest BCUT2D eigenvalue weighted by molar-refractivity contribution is 6.11. The Kier molecular flexibility index (Phi) is 4.08. The van der Waals surface area contributed by atoms with E-state index in [2.05, 4.69) is 20.9 Å². The summed E-state index contributed by atoms with van der Waals surface area (Å²) in [7, 11) is 1.89. The van der Waals surface area contributed by atoms with Crippen molar-refractivity contribution < 1.29 is 14.4 Å². The summed E-state index contributed by atoms with van der Waals surface area (Å²) in [6.45, 7) is 0. The van der Waals surface area contributed by atoms with Gasteiger partial charge in [0.05, 0.1) is 35.0 Å². The van der Waals surface area contributed by atoms with Crippen LogP contribution in [0, 0.1) is 0 Å². The van der Waals surface area contributed by atoms with E-state index in [0.29, 0.717) is 16.9 Å². The number of hydrogen-bond donors (Lipinski definition) is 3. The fourth-order valence-electron chi connectivity index (χ4n) is 3.07. The minimum atomic E-state index is -0.955. The van der Waals surface area contributed by atoms with Crippen molar-refractivity contribution in [3.05, 3.63) is 54.4 Å². The lowest BCUT2D eigenvalue weighted by Crippen LogP contribution is -2.43. The minimum Gasteiger partial charge on any atom is -0.340 e. The fourth-order valence-corrected chi connectivity index (χ4v) is 3.07. The Morgan fingerprint density at radius 3 is 2.89 bits per heavy atom. The summed E-state index contributed by atoms with van der Waals surface area (Å²) in [6, 6.07) is 11.1. The molecule has 1 aliphatic heterocycles. The Morgan fingerprint density at radius 1 is 1.22 bits per heavy atom. The number of carbonyl (C=O) groups is 3. The maximum atomic E-state index is 12.4. The van der Waals surface area contributed by atoms with Crippen molar-refractivity contribution >= 4 is 40.1 Å². The average molecular weight is 363 g/mol. The Morgan fingerprint density at radius 2 is 2.04 bits per heavy atom. The lowest BCUT2D eigenvalue weighted by molar-refractivity contribution is -0.122. The van der Waals surface area contributed by atoms with Crippen molar-refractivity contribution in [1.29, 1.82) is 0 Å². The molecule has 3 amide bonds. The molecule has 1 aromatic heterocycles. The van der Waals surface area contributed by atoms with Crippen LogP contribution in [0.4, 0.5) is 11.4 Å². The molecule has 8 heteroatoms. The highest BCUT2D eigenvalue weighted by Crippen LogP contribution is 2.20. The third-order valence-corrected chi connectivity index (χ3v) is 4.45. The third-order valence-electron chi connectivity index (χ3n) is 4.45. The Bertz CT molecular complexity index is 1070. The number of amides is 3. The number of fused-ring (bicyclic) bond motifs is 2. The molecule has 0 fully saturated rings. The Labute approximate surface area is 154 Å². The largest absolute Gasteiger partial charge is 0.340 e. The summed E-state index contributed by atoms with van der Waals surface area (Å²) >= 11 is 0. The van der Waals surface area contributed by atoms with Crippen molar-refractivity contribution in [1.82, 2.24) is 14.9 Å². The molecule has 136 valence electrons. The highest BCUT2D eigenvalue weighted by atomic mass is 16.2. The molecule has 27 heavy (non-hydrogen) atoms. The average Bonchev–Trinajstić information content (AvgIpc) is 2.96.